The largest absolute Gasteiger partial charge is 0.465 e. The fraction of sp³-hybridized carbons (Fsp3) is 0.562. The summed E-state index contributed by atoms with van der Waals surface area (Å²) in [4.78, 5) is 11.6. The minimum absolute atomic E-state index is 0.311. The van der Waals surface area contributed by atoms with Crippen LogP contribution in [0.2, 0.25) is 5.02 Å². The number of carbonyl (C=O) groups is 1. The van der Waals surface area contributed by atoms with Gasteiger partial charge in [-0.1, -0.05) is 36.2 Å². The molecule has 1 aromatic carbocycles. The molecule has 0 amide bonds. The fourth-order valence-corrected chi connectivity index (χ4v) is 3.20. The molecule has 118 valence electrons. The summed E-state index contributed by atoms with van der Waals surface area (Å²) in [5.74, 6) is 1.63. The molecule has 5 heteroatoms. The molecule has 0 spiro atoms. The highest BCUT2D eigenvalue weighted by Gasteiger charge is 2.28. The zero-order valence-corrected chi connectivity index (χ0v) is 14.3. The van der Waals surface area contributed by atoms with Crippen LogP contribution < -0.4 is 5.73 Å². The van der Waals surface area contributed by atoms with Crippen LogP contribution >= 0.6 is 23.4 Å². The summed E-state index contributed by atoms with van der Waals surface area (Å²) < 4.78 is 4.97. The summed E-state index contributed by atoms with van der Waals surface area (Å²) >= 11 is 7.96. The number of carbonyl (C=O) groups excluding carboxylic acids is 1. The Kier molecular flexibility index (Phi) is 8.15. The first-order valence-corrected chi connectivity index (χ1v) is 8.78. The maximum absolute atomic E-state index is 11.6. The predicted octanol–water partition coefficient (Wildman–Crippen LogP) is 4.02. The van der Waals surface area contributed by atoms with Crippen LogP contribution in [0.4, 0.5) is 0 Å². The number of esters is 1. The van der Waals surface area contributed by atoms with Gasteiger partial charge in [-0.15, -0.1) is 0 Å². The Morgan fingerprint density at radius 2 is 2.10 bits per heavy atom. The van der Waals surface area contributed by atoms with Crippen molar-refractivity contribution in [2.24, 2.45) is 5.73 Å². The van der Waals surface area contributed by atoms with E-state index in [1.54, 1.807) is 13.8 Å². The van der Waals surface area contributed by atoms with Crippen molar-refractivity contribution in [3.8, 4) is 0 Å². The van der Waals surface area contributed by atoms with Crippen molar-refractivity contribution in [3.63, 3.8) is 0 Å². The van der Waals surface area contributed by atoms with Gasteiger partial charge in [0.05, 0.1) is 6.61 Å². The Hall–Kier alpha value is -0.710. The van der Waals surface area contributed by atoms with E-state index in [1.807, 2.05) is 36.0 Å². The average molecular weight is 330 g/mol. The van der Waals surface area contributed by atoms with Crippen LogP contribution in [-0.2, 0) is 15.3 Å². The minimum Gasteiger partial charge on any atom is -0.465 e. The molecule has 0 saturated carbocycles. The van der Waals surface area contributed by atoms with Gasteiger partial charge in [-0.05, 0) is 44.1 Å². The molecular formula is C16H24ClNO2S. The van der Waals surface area contributed by atoms with Gasteiger partial charge in [-0.3, -0.25) is 4.79 Å². The third-order valence-corrected chi connectivity index (χ3v) is 4.65. The molecule has 1 atom stereocenters. The lowest BCUT2D eigenvalue weighted by molar-refractivity contribution is -0.149. The van der Waals surface area contributed by atoms with E-state index < -0.39 is 5.54 Å². The highest BCUT2D eigenvalue weighted by atomic mass is 35.5. The van der Waals surface area contributed by atoms with Crippen LogP contribution in [0, 0.1) is 0 Å². The third-order valence-electron chi connectivity index (χ3n) is 3.19. The van der Waals surface area contributed by atoms with Gasteiger partial charge in [0.1, 0.15) is 5.54 Å². The van der Waals surface area contributed by atoms with Crippen LogP contribution in [0.5, 0.6) is 0 Å². The maximum atomic E-state index is 11.6. The number of hydrogen-bond donors (Lipinski definition) is 1. The third kappa shape index (κ3) is 6.72. The summed E-state index contributed by atoms with van der Waals surface area (Å²) in [5.41, 5.74) is 6.27. The molecular weight excluding hydrogens is 306 g/mol. The first-order valence-electron chi connectivity index (χ1n) is 7.24. The van der Waals surface area contributed by atoms with Crippen molar-refractivity contribution in [1.82, 2.24) is 0 Å². The van der Waals surface area contributed by atoms with Crippen LogP contribution in [0.15, 0.2) is 24.3 Å². The molecule has 0 fully saturated rings. The summed E-state index contributed by atoms with van der Waals surface area (Å²) in [6, 6.07) is 7.90. The van der Waals surface area contributed by atoms with E-state index in [0.29, 0.717) is 13.0 Å². The smallest absolute Gasteiger partial charge is 0.325 e. The molecule has 0 saturated heterocycles. The SMILES string of the molecule is CCOC(=O)C(C)(N)CCCCSCc1ccccc1Cl. The lowest BCUT2D eigenvalue weighted by Gasteiger charge is -2.21. The van der Waals surface area contributed by atoms with Gasteiger partial charge in [0.2, 0.25) is 0 Å². The molecule has 0 aliphatic carbocycles. The minimum atomic E-state index is -0.872. The molecule has 0 heterocycles. The van der Waals surface area contributed by atoms with Gasteiger partial charge >= 0.3 is 5.97 Å². The molecule has 0 bridgehead atoms. The number of rotatable bonds is 9. The van der Waals surface area contributed by atoms with Gasteiger partial charge in [0.15, 0.2) is 0 Å². The topological polar surface area (TPSA) is 52.3 Å². The Balaban J connectivity index is 2.17. The number of ether oxygens (including phenoxy) is 1. The molecule has 3 nitrogen and oxygen atoms in total. The standard InChI is InChI=1S/C16H24ClNO2S/c1-3-20-15(19)16(2,18)10-6-7-11-21-12-13-8-4-5-9-14(13)17/h4-5,8-9H,3,6-7,10-12,18H2,1-2H3. The van der Waals surface area contributed by atoms with E-state index in [4.69, 9.17) is 22.1 Å². The van der Waals surface area contributed by atoms with E-state index in [0.717, 1.165) is 29.4 Å². The summed E-state index contributed by atoms with van der Waals surface area (Å²) in [6.07, 6.45) is 2.60. The molecule has 0 aromatic heterocycles. The molecule has 0 aliphatic heterocycles. The number of hydrogen-bond acceptors (Lipinski definition) is 4. The number of nitrogens with two attached hydrogens (primary N) is 1. The molecule has 2 N–H and O–H groups in total. The summed E-state index contributed by atoms with van der Waals surface area (Å²) in [5, 5.41) is 0.821. The fourth-order valence-electron chi connectivity index (χ4n) is 1.89. The van der Waals surface area contributed by atoms with Crippen LogP contribution in [0.3, 0.4) is 0 Å². The number of unbranched alkanes of at least 4 members (excludes halogenated alkanes) is 1. The summed E-state index contributed by atoms with van der Waals surface area (Å²) in [6.45, 7) is 3.90. The number of thioether (sulfide) groups is 1. The second-order valence-corrected chi connectivity index (χ2v) is 6.75. The maximum Gasteiger partial charge on any atom is 0.325 e. The van der Waals surface area contributed by atoms with E-state index in [2.05, 4.69) is 0 Å². The quantitative estimate of drug-likeness (QED) is 0.549. The van der Waals surface area contributed by atoms with E-state index in [9.17, 15) is 4.79 Å². The van der Waals surface area contributed by atoms with E-state index in [-0.39, 0.29) is 5.97 Å². The molecule has 0 aliphatic rings. The van der Waals surface area contributed by atoms with Crippen LogP contribution in [0.25, 0.3) is 0 Å². The van der Waals surface area contributed by atoms with E-state index >= 15 is 0 Å². The van der Waals surface area contributed by atoms with Crippen LogP contribution in [-0.4, -0.2) is 23.9 Å². The van der Waals surface area contributed by atoms with Crippen molar-refractivity contribution >= 4 is 29.3 Å². The highest BCUT2D eigenvalue weighted by Crippen LogP contribution is 2.22. The van der Waals surface area contributed by atoms with Gasteiger partial charge < -0.3 is 10.5 Å². The van der Waals surface area contributed by atoms with Gasteiger partial charge in [0.25, 0.3) is 0 Å². The predicted molar refractivity (Wildman–Crippen MR) is 90.7 cm³/mol. The Morgan fingerprint density at radius 1 is 1.38 bits per heavy atom. The van der Waals surface area contributed by atoms with Crippen molar-refractivity contribution in [3.05, 3.63) is 34.9 Å². The Bertz CT molecular complexity index is 452. The average Bonchev–Trinajstić information content (AvgIpc) is 2.44. The normalized spacial score (nSPS) is 13.7. The van der Waals surface area contributed by atoms with Crippen LogP contribution in [0.1, 0.15) is 38.7 Å². The van der Waals surface area contributed by atoms with E-state index in [1.165, 1.54) is 5.56 Å². The highest BCUT2D eigenvalue weighted by molar-refractivity contribution is 7.98. The molecule has 0 radical (unpaired) electrons. The molecule has 1 rings (SSSR count). The van der Waals surface area contributed by atoms with Crippen molar-refractivity contribution in [2.75, 3.05) is 12.4 Å². The second kappa shape index (κ2) is 9.34. The van der Waals surface area contributed by atoms with Crippen molar-refractivity contribution < 1.29 is 9.53 Å². The number of halogens is 1. The zero-order valence-electron chi connectivity index (χ0n) is 12.7. The summed E-state index contributed by atoms with van der Waals surface area (Å²) in [7, 11) is 0. The van der Waals surface area contributed by atoms with Gasteiger partial charge in [-0.25, -0.2) is 0 Å². The Morgan fingerprint density at radius 3 is 2.76 bits per heavy atom. The molecule has 21 heavy (non-hydrogen) atoms. The monoisotopic (exact) mass is 329 g/mol. The number of benzene rings is 1. The zero-order chi connectivity index (χ0) is 15.7. The first-order chi connectivity index (χ1) is 9.97. The van der Waals surface area contributed by atoms with Crippen molar-refractivity contribution in [1.29, 1.82) is 0 Å². The molecule has 1 aromatic rings. The van der Waals surface area contributed by atoms with Crippen molar-refractivity contribution in [2.45, 2.75) is 44.4 Å². The first kappa shape index (κ1) is 18.3. The Labute approximate surface area is 136 Å². The lowest BCUT2D eigenvalue weighted by atomic mass is 9.96. The molecule has 1 unspecified atom stereocenters. The van der Waals surface area contributed by atoms with Gasteiger partial charge in [0, 0.05) is 10.8 Å². The van der Waals surface area contributed by atoms with Gasteiger partial charge in [-0.2, -0.15) is 11.8 Å². The second-order valence-electron chi connectivity index (χ2n) is 5.24. The lowest BCUT2D eigenvalue weighted by Crippen LogP contribution is -2.46.